The molecule has 8 nitrogen and oxygen atoms in total. The molecule has 3 saturated heterocycles. The monoisotopic (exact) mass is 547 g/mol. The molecule has 0 radical (unpaired) electrons. The van der Waals surface area contributed by atoms with Crippen LogP contribution in [0.25, 0.3) is 0 Å². The number of carbonyl (C=O) groups excluding carboxylic acids is 3. The summed E-state index contributed by atoms with van der Waals surface area (Å²) in [6.45, 7) is 9.98. The van der Waals surface area contributed by atoms with Crippen molar-refractivity contribution in [3.63, 3.8) is 0 Å². The van der Waals surface area contributed by atoms with Crippen LogP contribution in [0.15, 0.2) is 48.5 Å². The van der Waals surface area contributed by atoms with Gasteiger partial charge in [-0.3, -0.25) is 14.4 Å². The van der Waals surface area contributed by atoms with E-state index in [4.69, 9.17) is 4.74 Å². The highest BCUT2D eigenvalue weighted by Crippen LogP contribution is 2.65. The number of fused-ring (bicyclic) bond motifs is 1. The number of ether oxygens (including phenoxy) is 1. The summed E-state index contributed by atoms with van der Waals surface area (Å²) in [4.78, 5) is 43.9. The molecule has 3 fully saturated rings. The van der Waals surface area contributed by atoms with E-state index in [0.29, 0.717) is 25.1 Å². The van der Waals surface area contributed by atoms with Crippen LogP contribution in [0.4, 0.5) is 5.69 Å². The Bertz CT molecular complexity index is 1300. The van der Waals surface area contributed by atoms with Crippen LogP contribution in [0, 0.1) is 31.6 Å². The van der Waals surface area contributed by atoms with E-state index < -0.39 is 35.1 Å². The number of rotatable bonds is 9. The van der Waals surface area contributed by atoms with E-state index in [1.165, 1.54) is 4.90 Å². The number of anilines is 1. The number of aliphatic hydroxyl groups excluding tert-OH is 1. The Morgan fingerprint density at radius 3 is 2.55 bits per heavy atom. The summed E-state index contributed by atoms with van der Waals surface area (Å²) in [7, 11) is 0. The molecule has 1 spiro atoms. The Kier molecular flexibility index (Phi) is 7.52. The maximum absolute atomic E-state index is 14.5. The third-order valence-corrected chi connectivity index (χ3v) is 9.40. The number of nitrogens with one attached hydrogen (secondary N) is 2. The lowest BCUT2D eigenvalue weighted by Gasteiger charge is -2.37. The van der Waals surface area contributed by atoms with Crippen LogP contribution >= 0.6 is 0 Å². The van der Waals surface area contributed by atoms with Gasteiger partial charge >= 0.3 is 0 Å². The fourth-order valence-electron chi connectivity index (χ4n) is 7.34. The first kappa shape index (κ1) is 28.3. The highest BCUT2D eigenvalue weighted by Gasteiger charge is 2.80. The van der Waals surface area contributed by atoms with Crippen molar-refractivity contribution in [2.24, 2.45) is 17.8 Å². The van der Waals surface area contributed by atoms with Gasteiger partial charge < -0.3 is 25.4 Å². The zero-order valence-corrected chi connectivity index (χ0v) is 24.1. The summed E-state index contributed by atoms with van der Waals surface area (Å²) in [5, 5.41) is 16.7. The lowest BCUT2D eigenvalue weighted by molar-refractivity contribution is -0.149. The summed E-state index contributed by atoms with van der Waals surface area (Å²) in [5.41, 5.74) is 1.47. The molecule has 8 heteroatoms. The summed E-state index contributed by atoms with van der Waals surface area (Å²) in [5.74, 6) is -2.47. The summed E-state index contributed by atoms with van der Waals surface area (Å²) in [6, 6.07) is 13.8. The average molecular weight is 548 g/mol. The molecule has 3 aliphatic heterocycles. The first-order chi connectivity index (χ1) is 19.1. The first-order valence-corrected chi connectivity index (χ1v) is 14.4. The lowest BCUT2D eigenvalue weighted by atomic mass is 9.62. The normalized spacial score (nSPS) is 31.2. The van der Waals surface area contributed by atoms with Crippen molar-refractivity contribution in [2.75, 3.05) is 18.5 Å². The Morgan fingerprint density at radius 1 is 1.15 bits per heavy atom. The fraction of sp³-hybridized carbons (Fsp3) is 0.531. The standard InChI is InChI=1S/C32H41N3O5/c1-6-14-33-28(37)25-26-30(39)35(23(18-36)16-22-10-8-7-9-11-22)27(32(26)17-21(4)31(25,5)40-32)29(38)34-24-15-19(2)12-13-20(24)3/h7-13,15,21,23,25-27,36H,6,14,16-18H2,1-5H3,(H,33,37)(H,34,38)/t21?,23-,25+,26+,27?,31-,32?/m1/s1. The number of hydrogen-bond donors (Lipinski definition) is 3. The van der Waals surface area contributed by atoms with Gasteiger partial charge in [-0.1, -0.05) is 56.3 Å². The highest BCUT2D eigenvalue weighted by atomic mass is 16.5. The number of carbonyl (C=O) groups is 3. The van der Waals surface area contributed by atoms with Crippen LogP contribution in [-0.4, -0.2) is 64.2 Å². The highest BCUT2D eigenvalue weighted by molar-refractivity contribution is 6.04. The smallest absolute Gasteiger partial charge is 0.250 e. The van der Waals surface area contributed by atoms with Gasteiger partial charge in [0.1, 0.15) is 11.6 Å². The Labute approximate surface area is 236 Å². The quantitative estimate of drug-likeness (QED) is 0.446. The van der Waals surface area contributed by atoms with Crippen LogP contribution in [0.1, 0.15) is 50.3 Å². The molecule has 0 aliphatic carbocycles. The van der Waals surface area contributed by atoms with Gasteiger partial charge in [0.15, 0.2) is 0 Å². The molecule has 2 bridgehead atoms. The van der Waals surface area contributed by atoms with Gasteiger partial charge in [0.25, 0.3) is 0 Å². The first-order valence-electron chi connectivity index (χ1n) is 14.4. The molecule has 40 heavy (non-hydrogen) atoms. The molecule has 0 aromatic heterocycles. The number of aryl methyl sites for hydroxylation is 2. The van der Waals surface area contributed by atoms with E-state index >= 15 is 0 Å². The predicted molar refractivity (Wildman–Crippen MR) is 152 cm³/mol. The van der Waals surface area contributed by atoms with Gasteiger partial charge in [-0.25, -0.2) is 0 Å². The van der Waals surface area contributed by atoms with Gasteiger partial charge in [-0.2, -0.15) is 0 Å². The average Bonchev–Trinajstić information content (AvgIpc) is 3.45. The van der Waals surface area contributed by atoms with Gasteiger partial charge in [-0.15, -0.1) is 0 Å². The minimum absolute atomic E-state index is 0.0495. The summed E-state index contributed by atoms with van der Waals surface area (Å²) in [6.07, 6.45) is 1.62. The zero-order chi connectivity index (χ0) is 28.8. The minimum atomic E-state index is -1.18. The molecular weight excluding hydrogens is 506 g/mol. The van der Waals surface area contributed by atoms with E-state index in [0.717, 1.165) is 23.1 Å². The van der Waals surface area contributed by atoms with Gasteiger partial charge in [0, 0.05) is 12.2 Å². The second-order valence-electron chi connectivity index (χ2n) is 12.1. The van der Waals surface area contributed by atoms with E-state index in [1.54, 1.807) is 0 Å². The fourth-order valence-corrected chi connectivity index (χ4v) is 7.34. The molecule has 214 valence electrons. The molecule has 5 rings (SSSR count). The minimum Gasteiger partial charge on any atom is -0.394 e. The molecule has 2 aromatic carbocycles. The van der Waals surface area contributed by atoms with Gasteiger partial charge in [0.2, 0.25) is 17.7 Å². The number of benzene rings is 2. The second kappa shape index (κ2) is 10.6. The van der Waals surface area contributed by atoms with Crippen molar-refractivity contribution < 1.29 is 24.2 Å². The molecule has 0 saturated carbocycles. The topological polar surface area (TPSA) is 108 Å². The third kappa shape index (κ3) is 4.41. The zero-order valence-electron chi connectivity index (χ0n) is 24.1. The van der Waals surface area contributed by atoms with Crippen LogP contribution in [0.5, 0.6) is 0 Å². The maximum Gasteiger partial charge on any atom is 0.250 e. The predicted octanol–water partition coefficient (Wildman–Crippen LogP) is 3.38. The van der Waals surface area contributed by atoms with E-state index in [9.17, 15) is 19.5 Å². The van der Waals surface area contributed by atoms with E-state index in [2.05, 4.69) is 10.6 Å². The molecule has 3 heterocycles. The van der Waals surface area contributed by atoms with E-state index in [1.807, 2.05) is 83.1 Å². The SMILES string of the molecule is CCCNC(=O)[C@@H]1[C@H]2C(=O)N([C@@H](CO)Cc3ccccc3)C(C(=O)Nc3cc(C)ccc3C)C23CC(C)[C@@]1(C)O3. The van der Waals surface area contributed by atoms with Crippen LogP contribution in [0.2, 0.25) is 0 Å². The van der Waals surface area contributed by atoms with Crippen molar-refractivity contribution in [1.82, 2.24) is 10.2 Å². The lowest BCUT2D eigenvalue weighted by Crippen LogP contribution is -2.57. The number of nitrogens with zero attached hydrogens (tertiary/aromatic N) is 1. The number of likely N-dealkylation sites (tertiary alicyclic amines) is 1. The van der Waals surface area contributed by atoms with Gasteiger partial charge in [0.05, 0.1) is 30.1 Å². The molecule has 3 aliphatic rings. The Morgan fingerprint density at radius 2 is 1.88 bits per heavy atom. The molecule has 3 amide bonds. The van der Waals surface area contributed by atoms with Gasteiger partial charge in [-0.05, 0) is 68.7 Å². The molecule has 2 aromatic rings. The van der Waals surface area contributed by atoms with Crippen molar-refractivity contribution in [1.29, 1.82) is 0 Å². The van der Waals surface area contributed by atoms with Crippen LogP contribution in [-0.2, 0) is 25.5 Å². The molecule has 7 atom stereocenters. The molecular formula is C32H41N3O5. The molecule has 3 N–H and O–H groups in total. The largest absolute Gasteiger partial charge is 0.394 e. The van der Waals surface area contributed by atoms with E-state index in [-0.39, 0.29) is 30.2 Å². The van der Waals surface area contributed by atoms with Crippen molar-refractivity contribution in [3.8, 4) is 0 Å². The Hall–Kier alpha value is -3.23. The molecule has 3 unspecified atom stereocenters. The van der Waals surface area contributed by atoms with Crippen molar-refractivity contribution in [3.05, 3.63) is 65.2 Å². The number of aliphatic hydroxyl groups is 1. The number of hydrogen-bond acceptors (Lipinski definition) is 5. The summed E-state index contributed by atoms with van der Waals surface area (Å²) >= 11 is 0. The summed E-state index contributed by atoms with van der Waals surface area (Å²) < 4.78 is 6.80. The maximum atomic E-state index is 14.5. The number of amides is 3. The van der Waals surface area contributed by atoms with Crippen molar-refractivity contribution in [2.45, 2.75) is 77.2 Å². The van der Waals surface area contributed by atoms with Crippen LogP contribution in [0.3, 0.4) is 0 Å². The van der Waals surface area contributed by atoms with Crippen molar-refractivity contribution >= 4 is 23.4 Å². The Balaban J connectivity index is 1.60. The second-order valence-corrected chi connectivity index (χ2v) is 12.1. The third-order valence-electron chi connectivity index (χ3n) is 9.40. The van der Waals surface area contributed by atoms with Crippen LogP contribution < -0.4 is 10.6 Å².